The van der Waals surface area contributed by atoms with E-state index in [0.29, 0.717) is 5.02 Å². The highest BCUT2D eigenvalue weighted by atomic mass is 79.9. The van der Waals surface area contributed by atoms with E-state index in [4.69, 9.17) is 16.1 Å². The third-order valence-electron chi connectivity index (χ3n) is 1.56. The van der Waals surface area contributed by atoms with Gasteiger partial charge in [0.25, 0.3) is 5.89 Å². The van der Waals surface area contributed by atoms with E-state index in [-0.39, 0.29) is 16.2 Å². The number of rotatable bonds is 1. The third kappa shape index (κ3) is 1.78. The van der Waals surface area contributed by atoms with Crippen molar-refractivity contribution in [1.29, 1.82) is 0 Å². The largest absolute Gasteiger partial charge is 0.333 e. The molecule has 1 aromatic heterocycles. The molecule has 2 aromatic rings. The Labute approximate surface area is 92.0 Å². The van der Waals surface area contributed by atoms with Gasteiger partial charge in [-0.25, -0.2) is 4.39 Å². The molecular formula is C8H3BrClFN2O. The van der Waals surface area contributed by atoms with Gasteiger partial charge in [0, 0.05) is 5.02 Å². The third-order valence-corrected chi connectivity index (χ3v) is 2.12. The van der Waals surface area contributed by atoms with Crippen molar-refractivity contribution in [2.24, 2.45) is 0 Å². The predicted molar refractivity (Wildman–Crippen MR) is 52.4 cm³/mol. The van der Waals surface area contributed by atoms with Gasteiger partial charge in [-0.3, -0.25) is 0 Å². The fourth-order valence-corrected chi connectivity index (χ4v) is 1.38. The number of hydrogen-bond donors (Lipinski definition) is 0. The minimum Gasteiger partial charge on any atom is -0.333 e. The molecule has 1 heterocycles. The van der Waals surface area contributed by atoms with E-state index in [2.05, 4.69) is 26.1 Å². The Bertz CT molecular complexity index is 474. The van der Waals surface area contributed by atoms with E-state index in [9.17, 15) is 4.39 Å². The molecule has 0 amide bonds. The molecule has 0 N–H and O–H groups in total. The normalized spacial score (nSPS) is 10.5. The summed E-state index contributed by atoms with van der Waals surface area (Å²) in [5.41, 5.74) is 0.190. The van der Waals surface area contributed by atoms with Crippen LogP contribution in [-0.4, -0.2) is 10.1 Å². The molecule has 1 aromatic carbocycles. The van der Waals surface area contributed by atoms with Crippen LogP contribution in [0.2, 0.25) is 5.02 Å². The second kappa shape index (κ2) is 3.67. The van der Waals surface area contributed by atoms with Crippen molar-refractivity contribution in [3.63, 3.8) is 0 Å². The first kappa shape index (κ1) is 9.61. The number of nitrogens with zero attached hydrogens (tertiary/aromatic N) is 2. The summed E-state index contributed by atoms with van der Waals surface area (Å²) in [4.78, 5) is 3.82. The minimum absolute atomic E-state index is 0.0943. The van der Waals surface area contributed by atoms with Crippen LogP contribution >= 0.6 is 27.5 Å². The van der Waals surface area contributed by atoms with Gasteiger partial charge in [0.15, 0.2) is 0 Å². The lowest BCUT2D eigenvalue weighted by molar-refractivity contribution is 0.424. The molecule has 0 aliphatic heterocycles. The summed E-state index contributed by atoms with van der Waals surface area (Å²) in [5.74, 6) is -0.359. The van der Waals surface area contributed by atoms with Gasteiger partial charge in [-0.05, 0) is 39.3 Å². The van der Waals surface area contributed by atoms with Crippen molar-refractivity contribution in [2.45, 2.75) is 0 Å². The molecule has 3 nitrogen and oxygen atoms in total. The van der Waals surface area contributed by atoms with Crippen LogP contribution in [-0.2, 0) is 0 Å². The molecular weight excluding hydrogens is 274 g/mol. The molecule has 0 aliphatic carbocycles. The van der Waals surface area contributed by atoms with E-state index in [1.165, 1.54) is 18.2 Å². The summed E-state index contributed by atoms with van der Waals surface area (Å²) in [6.45, 7) is 0. The van der Waals surface area contributed by atoms with Gasteiger partial charge in [0.05, 0.1) is 5.56 Å². The Morgan fingerprint density at radius 1 is 1.43 bits per heavy atom. The van der Waals surface area contributed by atoms with Crippen LogP contribution in [0.25, 0.3) is 11.5 Å². The Morgan fingerprint density at radius 3 is 2.86 bits per heavy atom. The zero-order valence-electron chi connectivity index (χ0n) is 6.67. The summed E-state index contributed by atoms with van der Waals surface area (Å²) < 4.78 is 18.3. The smallest absolute Gasteiger partial charge is 0.261 e. The standard InChI is InChI=1S/C8H3BrClFN2O/c9-8-12-7(14-13-8)5-3-4(10)1-2-6(5)11/h1-3H. The SMILES string of the molecule is Fc1ccc(Cl)cc1-c1nc(Br)no1. The Kier molecular flexibility index (Phi) is 2.52. The Hall–Kier alpha value is -0.940. The number of hydrogen-bond acceptors (Lipinski definition) is 3. The van der Waals surface area contributed by atoms with E-state index in [0.717, 1.165) is 0 Å². The van der Waals surface area contributed by atoms with Crippen LogP contribution in [0.1, 0.15) is 0 Å². The van der Waals surface area contributed by atoms with Crippen LogP contribution in [0.3, 0.4) is 0 Å². The fourth-order valence-electron chi connectivity index (χ4n) is 0.976. The molecule has 0 bridgehead atoms. The molecule has 0 atom stereocenters. The van der Waals surface area contributed by atoms with Crippen molar-refractivity contribution >= 4 is 27.5 Å². The van der Waals surface area contributed by atoms with E-state index in [1.807, 2.05) is 0 Å². The molecule has 72 valence electrons. The Balaban J connectivity index is 2.55. The molecule has 0 unspecified atom stereocenters. The number of benzene rings is 1. The minimum atomic E-state index is -0.453. The van der Waals surface area contributed by atoms with Crippen molar-refractivity contribution in [2.75, 3.05) is 0 Å². The van der Waals surface area contributed by atoms with Gasteiger partial charge < -0.3 is 4.52 Å². The molecule has 2 rings (SSSR count). The van der Waals surface area contributed by atoms with Crippen LogP contribution in [0.5, 0.6) is 0 Å². The van der Waals surface area contributed by atoms with Crippen molar-refractivity contribution in [3.8, 4) is 11.5 Å². The summed E-state index contributed by atoms with van der Waals surface area (Å²) in [6.07, 6.45) is 0. The van der Waals surface area contributed by atoms with Gasteiger partial charge in [0.2, 0.25) is 4.73 Å². The number of halogens is 3. The second-order valence-corrected chi connectivity index (χ2v) is 3.64. The number of aromatic nitrogens is 2. The highest BCUT2D eigenvalue weighted by Gasteiger charge is 2.12. The molecule has 0 saturated carbocycles. The molecule has 0 aliphatic rings. The molecule has 14 heavy (non-hydrogen) atoms. The first-order chi connectivity index (χ1) is 6.66. The molecule has 0 radical (unpaired) electrons. The van der Waals surface area contributed by atoms with Crippen LogP contribution < -0.4 is 0 Å². The van der Waals surface area contributed by atoms with Crippen molar-refractivity contribution in [3.05, 3.63) is 33.8 Å². The molecule has 0 saturated heterocycles. The van der Waals surface area contributed by atoms with Gasteiger partial charge in [-0.2, -0.15) is 4.98 Å². The summed E-state index contributed by atoms with van der Waals surface area (Å²) in [6, 6.07) is 4.12. The topological polar surface area (TPSA) is 38.9 Å². The highest BCUT2D eigenvalue weighted by Crippen LogP contribution is 2.25. The maximum absolute atomic E-state index is 13.3. The monoisotopic (exact) mass is 276 g/mol. The molecule has 0 fully saturated rings. The van der Waals surface area contributed by atoms with Crippen LogP contribution in [0.15, 0.2) is 27.5 Å². The molecule has 6 heteroatoms. The maximum Gasteiger partial charge on any atom is 0.261 e. The van der Waals surface area contributed by atoms with E-state index in [1.54, 1.807) is 0 Å². The van der Waals surface area contributed by atoms with E-state index < -0.39 is 5.82 Å². The average molecular weight is 277 g/mol. The quantitative estimate of drug-likeness (QED) is 0.803. The Morgan fingerprint density at radius 2 is 2.21 bits per heavy atom. The summed E-state index contributed by atoms with van der Waals surface area (Å²) >= 11 is 8.71. The van der Waals surface area contributed by atoms with Gasteiger partial charge >= 0.3 is 0 Å². The second-order valence-electron chi connectivity index (χ2n) is 2.49. The maximum atomic E-state index is 13.3. The van der Waals surface area contributed by atoms with Crippen molar-refractivity contribution < 1.29 is 8.91 Å². The predicted octanol–water partition coefficient (Wildman–Crippen LogP) is 3.29. The first-order valence-corrected chi connectivity index (χ1v) is 4.78. The van der Waals surface area contributed by atoms with Crippen LogP contribution in [0, 0.1) is 5.82 Å². The van der Waals surface area contributed by atoms with E-state index >= 15 is 0 Å². The lowest BCUT2D eigenvalue weighted by Crippen LogP contribution is -1.83. The van der Waals surface area contributed by atoms with Gasteiger partial charge in [-0.1, -0.05) is 11.6 Å². The summed E-state index contributed by atoms with van der Waals surface area (Å²) in [7, 11) is 0. The van der Waals surface area contributed by atoms with Gasteiger partial charge in [-0.15, -0.1) is 0 Å². The fraction of sp³-hybridized carbons (Fsp3) is 0. The lowest BCUT2D eigenvalue weighted by Gasteiger charge is -1.96. The average Bonchev–Trinajstić information content (AvgIpc) is 2.56. The van der Waals surface area contributed by atoms with Gasteiger partial charge in [0.1, 0.15) is 5.82 Å². The zero-order valence-corrected chi connectivity index (χ0v) is 9.01. The molecule has 0 spiro atoms. The van der Waals surface area contributed by atoms with Crippen LogP contribution in [0.4, 0.5) is 4.39 Å². The summed E-state index contributed by atoms with van der Waals surface area (Å²) in [5, 5.41) is 3.90. The lowest BCUT2D eigenvalue weighted by atomic mass is 10.2. The highest BCUT2D eigenvalue weighted by molar-refractivity contribution is 9.10. The zero-order chi connectivity index (χ0) is 10.1. The van der Waals surface area contributed by atoms with Crippen molar-refractivity contribution in [1.82, 2.24) is 10.1 Å². The first-order valence-electron chi connectivity index (χ1n) is 3.61.